The maximum absolute atomic E-state index is 12.1. The number of carbonyl (C=O) groups excluding carboxylic acids is 1. The van der Waals surface area contributed by atoms with Crippen molar-refractivity contribution in [2.75, 3.05) is 5.32 Å². The second-order valence-corrected chi connectivity index (χ2v) is 6.03. The SMILES string of the molecule is Cc1cc(C(=O)Nc2ccc3c(ccn3CC(C)C)c2)n[nH]1. The van der Waals surface area contributed by atoms with Gasteiger partial charge in [-0.1, -0.05) is 13.8 Å². The van der Waals surface area contributed by atoms with E-state index in [9.17, 15) is 4.79 Å². The Bertz CT molecular complexity index is 813. The molecular weight excluding hydrogens is 276 g/mol. The van der Waals surface area contributed by atoms with E-state index < -0.39 is 0 Å². The smallest absolute Gasteiger partial charge is 0.276 e. The van der Waals surface area contributed by atoms with E-state index in [-0.39, 0.29) is 5.91 Å². The highest BCUT2D eigenvalue weighted by molar-refractivity contribution is 6.03. The Kier molecular flexibility index (Phi) is 3.71. The van der Waals surface area contributed by atoms with Gasteiger partial charge in [0.15, 0.2) is 5.69 Å². The number of anilines is 1. The molecule has 3 rings (SSSR count). The zero-order chi connectivity index (χ0) is 15.7. The van der Waals surface area contributed by atoms with Gasteiger partial charge >= 0.3 is 0 Å². The summed E-state index contributed by atoms with van der Waals surface area (Å²) in [6.45, 7) is 7.26. The molecule has 0 bridgehead atoms. The van der Waals surface area contributed by atoms with E-state index in [2.05, 4.69) is 46.2 Å². The van der Waals surface area contributed by atoms with Crippen LogP contribution in [0.2, 0.25) is 0 Å². The van der Waals surface area contributed by atoms with Crippen LogP contribution in [0.1, 0.15) is 30.0 Å². The molecule has 1 aromatic carbocycles. The van der Waals surface area contributed by atoms with Crippen LogP contribution in [-0.2, 0) is 6.54 Å². The van der Waals surface area contributed by atoms with Crippen LogP contribution in [0.25, 0.3) is 10.9 Å². The third-order valence-corrected chi connectivity index (χ3v) is 3.53. The van der Waals surface area contributed by atoms with Gasteiger partial charge in [-0.3, -0.25) is 9.89 Å². The Hall–Kier alpha value is -2.56. The van der Waals surface area contributed by atoms with Crippen molar-refractivity contribution in [1.29, 1.82) is 0 Å². The molecule has 0 aliphatic carbocycles. The predicted molar refractivity (Wildman–Crippen MR) is 88.1 cm³/mol. The van der Waals surface area contributed by atoms with Crippen LogP contribution in [0, 0.1) is 12.8 Å². The molecule has 5 nitrogen and oxygen atoms in total. The van der Waals surface area contributed by atoms with E-state index in [0.717, 1.165) is 23.3 Å². The van der Waals surface area contributed by atoms with Crippen molar-refractivity contribution in [2.45, 2.75) is 27.3 Å². The summed E-state index contributed by atoms with van der Waals surface area (Å²) >= 11 is 0. The number of hydrogen-bond acceptors (Lipinski definition) is 2. The molecule has 0 saturated heterocycles. The largest absolute Gasteiger partial charge is 0.347 e. The number of H-pyrrole nitrogens is 1. The number of benzene rings is 1. The molecule has 2 aromatic heterocycles. The Morgan fingerprint density at radius 1 is 1.32 bits per heavy atom. The molecule has 0 fully saturated rings. The average Bonchev–Trinajstić information content (AvgIpc) is 3.05. The molecule has 0 unspecified atom stereocenters. The fourth-order valence-electron chi connectivity index (χ4n) is 2.56. The zero-order valence-electron chi connectivity index (χ0n) is 13.1. The summed E-state index contributed by atoms with van der Waals surface area (Å²) in [4.78, 5) is 12.1. The Morgan fingerprint density at radius 2 is 2.14 bits per heavy atom. The second kappa shape index (κ2) is 5.67. The Balaban J connectivity index is 1.82. The minimum absolute atomic E-state index is 0.203. The summed E-state index contributed by atoms with van der Waals surface area (Å²) in [5.74, 6) is 0.392. The first-order valence-electron chi connectivity index (χ1n) is 7.45. The summed E-state index contributed by atoms with van der Waals surface area (Å²) in [5, 5.41) is 10.7. The molecule has 0 radical (unpaired) electrons. The second-order valence-electron chi connectivity index (χ2n) is 6.03. The van der Waals surface area contributed by atoms with Gasteiger partial charge in [0, 0.05) is 35.0 Å². The number of fused-ring (bicyclic) bond motifs is 1. The fourth-order valence-corrected chi connectivity index (χ4v) is 2.56. The highest BCUT2D eigenvalue weighted by Crippen LogP contribution is 2.22. The van der Waals surface area contributed by atoms with Gasteiger partial charge in [0.25, 0.3) is 5.91 Å². The van der Waals surface area contributed by atoms with Gasteiger partial charge in [0.1, 0.15) is 0 Å². The molecule has 2 N–H and O–H groups in total. The standard InChI is InChI=1S/C17H20N4O/c1-11(2)10-21-7-6-13-9-14(4-5-16(13)21)18-17(22)15-8-12(3)19-20-15/h4-9,11H,10H2,1-3H3,(H,18,22)(H,19,20). The van der Waals surface area contributed by atoms with E-state index >= 15 is 0 Å². The van der Waals surface area contributed by atoms with E-state index in [4.69, 9.17) is 0 Å². The first-order chi connectivity index (χ1) is 10.5. The summed E-state index contributed by atoms with van der Waals surface area (Å²) in [7, 11) is 0. The summed E-state index contributed by atoms with van der Waals surface area (Å²) in [6.07, 6.45) is 2.09. The van der Waals surface area contributed by atoms with E-state index in [1.165, 1.54) is 5.52 Å². The lowest BCUT2D eigenvalue weighted by atomic mass is 10.2. The molecule has 0 saturated carbocycles. The van der Waals surface area contributed by atoms with Crippen LogP contribution >= 0.6 is 0 Å². The minimum Gasteiger partial charge on any atom is -0.347 e. The van der Waals surface area contributed by atoms with Crippen molar-refractivity contribution in [3.05, 3.63) is 47.9 Å². The van der Waals surface area contributed by atoms with Gasteiger partial charge in [-0.05, 0) is 43.2 Å². The maximum Gasteiger partial charge on any atom is 0.276 e. The van der Waals surface area contributed by atoms with Crippen LogP contribution < -0.4 is 5.32 Å². The van der Waals surface area contributed by atoms with Crippen LogP contribution in [0.3, 0.4) is 0 Å². The molecule has 0 aliphatic heterocycles. The molecule has 0 aliphatic rings. The van der Waals surface area contributed by atoms with Gasteiger partial charge in [-0.2, -0.15) is 5.10 Å². The van der Waals surface area contributed by atoms with Crippen molar-refractivity contribution < 1.29 is 4.79 Å². The number of carbonyl (C=O) groups is 1. The first-order valence-corrected chi connectivity index (χ1v) is 7.45. The van der Waals surface area contributed by atoms with Crippen molar-refractivity contribution in [3.63, 3.8) is 0 Å². The maximum atomic E-state index is 12.1. The first kappa shape index (κ1) is 14.4. The Morgan fingerprint density at radius 3 is 2.82 bits per heavy atom. The van der Waals surface area contributed by atoms with Gasteiger partial charge in [0.2, 0.25) is 0 Å². The highest BCUT2D eigenvalue weighted by atomic mass is 16.1. The third-order valence-electron chi connectivity index (χ3n) is 3.53. The topological polar surface area (TPSA) is 62.7 Å². The number of nitrogens with one attached hydrogen (secondary N) is 2. The van der Waals surface area contributed by atoms with Crippen molar-refractivity contribution >= 4 is 22.5 Å². The van der Waals surface area contributed by atoms with Crippen molar-refractivity contribution in [2.24, 2.45) is 5.92 Å². The highest BCUT2D eigenvalue weighted by Gasteiger charge is 2.10. The molecule has 0 spiro atoms. The van der Waals surface area contributed by atoms with E-state index in [0.29, 0.717) is 11.6 Å². The lowest BCUT2D eigenvalue weighted by Crippen LogP contribution is -2.12. The van der Waals surface area contributed by atoms with Gasteiger partial charge in [-0.15, -0.1) is 0 Å². The van der Waals surface area contributed by atoms with Gasteiger partial charge < -0.3 is 9.88 Å². The molecule has 2 heterocycles. The van der Waals surface area contributed by atoms with Crippen LogP contribution in [0.5, 0.6) is 0 Å². The van der Waals surface area contributed by atoms with Gasteiger partial charge in [-0.25, -0.2) is 0 Å². The summed E-state index contributed by atoms with van der Waals surface area (Å²) < 4.78 is 2.24. The zero-order valence-corrected chi connectivity index (χ0v) is 13.1. The number of aromatic amines is 1. The number of hydrogen-bond donors (Lipinski definition) is 2. The van der Waals surface area contributed by atoms with Crippen LogP contribution in [0.15, 0.2) is 36.5 Å². The molecule has 0 atom stereocenters. The number of aromatic nitrogens is 3. The van der Waals surface area contributed by atoms with E-state index in [1.807, 2.05) is 25.1 Å². The number of nitrogens with zero attached hydrogens (tertiary/aromatic N) is 2. The van der Waals surface area contributed by atoms with Crippen LogP contribution in [-0.4, -0.2) is 20.7 Å². The molecular formula is C17H20N4O. The van der Waals surface area contributed by atoms with Gasteiger partial charge in [0.05, 0.1) is 0 Å². The number of rotatable bonds is 4. The summed E-state index contributed by atoms with van der Waals surface area (Å²) in [6, 6.07) is 9.77. The van der Waals surface area contributed by atoms with Crippen LogP contribution in [0.4, 0.5) is 5.69 Å². The quantitative estimate of drug-likeness (QED) is 0.773. The molecule has 114 valence electrons. The number of aryl methyl sites for hydroxylation is 1. The monoisotopic (exact) mass is 296 g/mol. The fraction of sp³-hybridized carbons (Fsp3) is 0.294. The predicted octanol–water partition coefficient (Wildman–Crippen LogP) is 3.58. The lowest BCUT2D eigenvalue weighted by Gasteiger charge is -2.09. The average molecular weight is 296 g/mol. The normalized spacial score (nSPS) is 11.3. The summed E-state index contributed by atoms with van der Waals surface area (Å²) in [5.41, 5.74) is 3.23. The van der Waals surface area contributed by atoms with Crippen molar-refractivity contribution in [3.8, 4) is 0 Å². The molecule has 3 aromatic rings. The van der Waals surface area contributed by atoms with Crippen molar-refractivity contribution in [1.82, 2.24) is 14.8 Å². The molecule has 1 amide bonds. The van der Waals surface area contributed by atoms with E-state index in [1.54, 1.807) is 6.07 Å². The third kappa shape index (κ3) is 2.88. The lowest BCUT2D eigenvalue weighted by molar-refractivity contribution is 0.102. The minimum atomic E-state index is -0.203. The molecule has 5 heteroatoms. The molecule has 22 heavy (non-hydrogen) atoms. The number of amides is 1. The Labute approximate surface area is 129 Å².